The molecule has 0 aliphatic carbocycles. The molecule has 0 saturated carbocycles. The van der Waals surface area contributed by atoms with E-state index in [4.69, 9.17) is 9.15 Å². The van der Waals surface area contributed by atoms with Gasteiger partial charge in [0.2, 0.25) is 5.89 Å². The summed E-state index contributed by atoms with van der Waals surface area (Å²) in [6, 6.07) is 7.72. The summed E-state index contributed by atoms with van der Waals surface area (Å²) < 4.78 is 11.2. The molecule has 8 nitrogen and oxygen atoms in total. The van der Waals surface area contributed by atoms with Gasteiger partial charge in [0.05, 0.1) is 12.7 Å². The lowest BCUT2D eigenvalue weighted by Gasteiger charge is -2.14. The third kappa shape index (κ3) is 6.06. The van der Waals surface area contributed by atoms with Crippen LogP contribution >= 0.6 is 0 Å². The number of aliphatic imine (C=N–C) groups is 1. The van der Waals surface area contributed by atoms with Gasteiger partial charge in [0.1, 0.15) is 11.9 Å². The maximum atomic E-state index is 12.2. The predicted octanol–water partition coefficient (Wildman–Crippen LogP) is 2.95. The van der Waals surface area contributed by atoms with Crippen molar-refractivity contribution in [3.05, 3.63) is 47.7 Å². The quantitative estimate of drug-likeness (QED) is 0.497. The summed E-state index contributed by atoms with van der Waals surface area (Å²) in [6.45, 7) is 7.90. The molecular weight excluding hydrogens is 382 g/mol. The molecule has 1 atom stereocenters. The molecule has 162 valence electrons. The molecule has 1 unspecified atom stereocenters. The Balaban J connectivity index is 1.50. The van der Waals surface area contributed by atoms with Crippen molar-refractivity contribution in [2.75, 3.05) is 19.0 Å². The van der Waals surface area contributed by atoms with Gasteiger partial charge in [0.25, 0.3) is 5.91 Å². The number of rotatable bonds is 6. The van der Waals surface area contributed by atoms with Gasteiger partial charge in [-0.15, -0.1) is 0 Å². The number of hydrogen-bond acceptors (Lipinski definition) is 5. The summed E-state index contributed by atoms with van der Waals surface area (Å²) in [5.41, 5.74) is 1.71. The van der Waals surface area contributed by atoms with E-state index in [-0.39, 0.29) is 17.4 Å². The molecule has 3 N–H and O–H groups in total. The maximum absolute atomic E-state index is 12.2. The fraction of sp³-hybridized carbons (Fsp3) is 0.500. The van der Waals surface area contributed by atoms with E-state index in [1.807, 2.05) is 24.3 Å². The van der Waals surface area contributed by atoms with Crippen LogP contribution in [0.3, 0.4) is 0 Å². The molecule has 1 aromatic heterocycles. The molecule has 1 aromatic carbocycles. The zero-order chi connectivity index (χ0) is 21.6. The Bertz CT molecular complexity index is 879. The molecule has 1 aliphatic heterocycles. The fourth-order valence-corrected chi connectivity index (χ4v) is 3.07. The van der Waals surface area contributed by atoms with Gasteiger partial charge in [-0.25, -0.2) is 4.98 Å². The zero-order valence-corrected chi connectivity index (χ0v) is 18.1. The molecule has 1 aliphatic rings. The van der Waals surface area contributed by atoms with E-state index in [0.717, 1.165) is 29.9 Å². The second kappa shape index (κ2) is 9.75. The first kappa shape index (κ1) is 21.8. The summed E-state index contributed by atoms with van der Waals surface area (Å²) >= 11 is 0. The summed E-state index contributed by atoms with van der Waals surface area (Å²) in [6.07, 6.45) is 3.13. The van der Waals surface area contributed by atoms with E-state index in [2.05, 4.69) is 46.7 Å². The average Bonchev–Trinajstić information content (AvgIpc) is 3.40. The molecular formula is C22H31N5O3. The number of anilines is 1. The van der Waals surface area contributed by atoms with Gasteiger partial charge in [-0.2, -0.15) is 0 Å². The molecule has 1 fully saturated rings. The Morgan fingerprint density at radius 3 is 2.73 bits per heavy atom. The van der Waals surface area contributed by atoms with Crippen molar-refractivity contribution in [3.8, 4) is 0 Å². The van der Waals surface area contributed by atoms with E-state index in [9.17, 15) is 4.79 Å². The molecule has 0 spiro atoms. The third-order valence-electron chi connectivity index (χ3n) is 4.80. The number of aromatic nitrogens is 1. The number of carbonyl (C=O) groups is 1. The van der Waals surface area contributed by atoms with Crippen LogP contribution < -0.4 is 16.0 Å². The van der Waals surface area contributed by atoms with Gasteiger partial charge in [0, 0.05) is 31.3 Å². The van der Waals surface area contributed by atoms with Crippen LogP contribution in [0.15, 0.2) is 39.9 Å². The highest BCUT2D eigenvalue weighted by atomic mass is 16.5. The SMILES string of the molecule is CN=C(NCc1cccc(NC(=O)C2CCCO2)c1)NCc1ncc(C(C)(C)C)o1. The standard InChI is InChI=1S/C22H31N5O3/c1-22(2,3)18-13-24-19(30-18)14-26-21(23-4)25-12-15-7-5-8-16(11-15)27-20(28)17-9-6-10-29-17/h5,7-8,11,13,17H,6,9-10,12,14H2,1-4H3,(H,27,28)(H2,23,25,26). The molecule has 8 heteroatoms. The van der Waals surface area contributed by atoms with Crippen LogP contribution in [0.25, 0.3) is 0 Å². The van der Waals surface area contributed by atoms with Crippen LogP contribution in [0.5, 0.6) is 0 Å². The normalized spacial score (nSPS) is 17.1. The van der Waals surface area contributed by atoms with Gasteiger partial charge in [-0.1, -0.05) is 32.9 Å². The van der Waals surface area contributed by atoms with Crippen molar-refractivity contribution in [2.45, 2.75) is 58.2 Å². The molecule has 0 bridgehead atoms. The van der Waals surface area contributed by atoms with E-state index in [1.165, 1.54) is 0 Å². The van der Waals surface area contributed by atoms with Gasteiger partial charge >= 0.3 is 0 Å². The first-order valence-corrected chi connectivity index (χ1v) is 10.3. The van der Waals surface area contributed by atoms with E-state index in [1.54, 1.807) is 13.2 Å². The molecule has 0 radical (unpaired) electrons. The highest BCUT2D eigenvalue weighted by molar-refractivity contribution is 5.94. The summed E-state index contributed by atoms with van der Waals surface area (Å²) in [4.78, 5) is 20.8. The number of carbonyl (C=O) groups excluding carboxylic acids is 1. The molecule has 2 aromatic rings. The van der Waals surface area contributed by atoms with E-state index in [0.29, 0.717) is 31.5 Å². The first-order chi connectivity index (χ1) is 14.3. The Morgan fingerprint density at radius 2 is 2.07 bits per heavy atom. The second-order valence-corrected chi connectivity index (χ2v) is 8.34. The second-order valence-electron chi connectivity index (χ2n) is 8.34. The van der Waals surface area contributed by atoms with Crippen LogP contribution in [0.1, 0.15) is 50.8 Å². The monoisotopic (exact) mass is 413 g/mol. The van der Waals surface area contributed by atoms with Crippen molar-refractivity contribution in [1.29, 1.82) is 0 Å². The zero-order valence-electron chi connectivity index (χ0n) is 18.1. The Labute approximate surface area is 177 Å². The van der Waals surface area contributed by atoms with Crippen molar-refractivity contribution in [3.63, 3.8) is 0 Å². The largest absolute Gasteiger partial charge is 0.443 e. The van der Waals surface area contributed by atoms with Crippen LogP contribution in [-0.4, -0.2) is 36.6 Å². The van der Waals surface area contributed by atoms with Gasteiger partial charge in [-0.05, 0) is 30.5 Å². The number of hydrogen-bond donors (Lipinski definition) is 3. The maximum Gasteiger partial charge on any atom is 0.253 e. The van der Waals surface area contributed by atoms with Gasteiger partial charge in [-0.3, -0.25) is 9.79 Å². The highest BCUT2D eigenvalue weighted by Gasteiger charge is 2.23. The summed E-state index contributed by atoms with van der Waals surface area (Å²) in [5, 5.41) is 9.39. The van der Waals surface area contributed by atoms with Crippen molar-refractivity contribution >= 4 is 17.6 Å². The first-order valence-electron chi connectivity index (χ1n) is 10.3. The number of guanidine groups is 1. The minimum atomic E-state index is -0.344. The topological polar surface area (TPSA) is 101 Å². The predicted molar refractivity (Wildman–Crippen MR) is 116 cm³/mol. The summed E-state index contributed by atoms with van der Waals surface area (Å²) in [7, 11) is 1.71. The molecule has 3 rings (SSSR count). The average molecular weight is 414 g/mol. The lowest BCUT2D eigenvalue weighted by atomic mass is 9.94. The highest BCUT2D eigenvalue weighted by Crippen LogP contribution is 2.22. The van der Waals surface area contributed by atoms with Crippen molar-refractivity contribution < 1.29 is 13.9 Å². The van der Waals surface area contributed by atoms with Gasteiger partial charge < -0.3 is 25.1 Å². The van der Waals surface area contributed by atoms with Crippen molar-refractivity contribution in [2.24, 2.45) is 4.99 Å². The Hall–Kier alpha value is -2.87. The lowest BCUT2D eigenvalue weighted by Crippen LogP contribution is -2.36. The van der Waals surface area contributed by atoms with Crippen LogP contribution in [0, 0.1) is 0 Å². The van der Waals surface area contributed by atoms with Gasteiger partial charge in [0.15, 0.2) is 5.96 Å². The number of nitrogens with zero attached hydrogens (tertiary/aromatic N) is 2. The lowest BCUT2D eigenvalue weighted by molar-refractivity contribution is -0.124. The molecule has 1 amide bonds. The minimum Gasteiger partial charge on any atom is -0.443 e. The summed E-state index contributed by atoms with van der Waals surface area (Å²) in [5.74, 6) is 2.01. The Morgan fingerprint density at radius 1 is 1.27 bits per heavy atom. The molecule has 1 saturated heterocycles. The number of amides is 1. The minimum absolute atomic E-state index is 0.0739. The number of benzene rings is 1. The van der Waals surface area contributed by atoms with Crippen molar-refractivity contribution in [1.82, 2.24) is 15.6 Å². The number of oxazole rings is 1. The smallest absolute Gasteiger partial charge is 0.253 e. The third-order valence-corrected chi connectivity index (χ3v) is 4.80. The number of nitrogens with one attached hydrogen (secondary N) is 3. The van der Waals surface area contributed by atoms with Crippen LogP contribution in [0.2, 0.25) is 0 Å². The van der Waals surface area contributed by atoms with Crippen LogP contribution in [-0.2, 0) is 28.0 Å². The fourth-order valence-electron chi connectivity index (χ4n) is 3.07. The van der Waals surface area contributed by atoms with E-state index < -0.39 is 0 Å². The number of ether oxygens (including phenoxy) is 1. The van der Waals surface area contributed by atoms with Crippen LogP contribution in [0.4, 0.5) is 5.69 Å². The molecule has 2 heterocycles. The Kier molecular flexibility index (Phi) is 7.10. The molecule has 30 heavy (non-hydrogen) atoms. The van der Waals surface area contributed by atoms with E-state index >= 15 is 0 Å².